The molecule has 2 N–H and O–H groups in total. The summed E-state index contributed by atoms with van der Waals surface area (Å²) >= 11 is 0. The molecule has 1 fully saturated rings. The lowest BCUT2D eigenvalue weighted by Crippen LogP contribution is -2.44. The van der Waals surface area contributed by atoms with Crippen molar-refractivity contribution in [2.75, 3.05) is 0 Å². The number of fused-ring (bicyclic) bond motifs is 1. The molecular formula is C21H25N5O2. The molecule has 2 atom stereocenters. The maximum atomic E-state index is 12.8. The zero-order chi connectivity index (χ0) is 19.5. The van der Waals surface area contributed by atoms with E-state index in [9.17, 15) is 9.59 Å². The first kappa shape index (κ1) is 18.4. The largest absolute Gasteiger partial charge is 0.345 e. The number of rotatable bonds is 5. The number of carbonyl (C=O) groups is 2. The van der Waals surface area contributed by atoms with E-state index in [1.807, 2.05) is 28.9 Å². The molecule has 1 aromatic carbocycles. The molecule has 28 heavy (non-hydrogen) atoms. The second-order valence-electron chi connectivity index (χ2n) is 7.55. The van der Waals surface area contributed by atoms with Crippen LogP contribution in [0.5, 0.6) is 0 Å². The minimum atomic E-state index is -0.293. The van der Waals surface area contributed by atoms with E-state index in [1.165, 1.54) is 25.3 Å². The van der Waals surface area contributed by atoms with Crippen LogP contribution < -0.4 is 10.6 Å². The average Bonchev–Trinajstić information content (AvgIpc) is 3.34. The third-order valence-electron chi connectivity index (χ3n) is 5.72. The van der Waals surface area contributed by atoms with E-state index in [2.05, 4.69) is 27.5 Å². The van der Waals surface area contributed by atoms with E-state index in [4.69, 9.17) is 0 Å². The summed E-state index contributed by atoms with van der Waals surface area (Å²) in [5.41, 5.74) is 2.46. The highest BCUT2D eigenvalue weighted by atomic mass is 16.2. The van der Waals surface area contributed by atoms with Gasteiger partial charge in [-0.1, -0.05) is 55.3 Å². The number of amides is 2. The topological polar surface area (TPSA) is 88.9 Å². The first-order valence-corrected chi connectivity index (χ1v) is 9.89. The second kappa shape index (κ2) is 7.96. The summed E-state index contributed by atoms with van der Waals surface area (Å²) in [5, 5.41) is 14.2. The van der Waals surface area contributed by atoms with Gasteiger partial charge < -0.3 is 10.6 Å². The Labute approximate surface area is 164 Å². The molecule has 0 bridgehead atoms. The van der Waals surface area contributed by atoms with Crippen LogP contribution in [-0.4, -0.2) is 32.9 Å². The zero-order valence-electron chi connectivity index (χ0n) is 15.8. The molecule has 0 saturated heterocycles. The van der Waals surface area contributed by atoms with Gasteiger partial charge in [0.05, 0.1) is 24.3 Å². The van der Waals surface area contributed by atoms with Crippen LogP contribution in [-0.2, 0) is 11.2 Å². The Hall–Kier alpha value is -2.96. The van der Waals surface area contributed by atoms with Gasteiger partial charge in [-0.2, -0.15) is 0 Å². The standard InChI is InChI=1S/C21H25N5O2/c1-2-19(27)23-20-16-11-7-6-8-14(16)12-17(20)22-21(28)18-13-26(25-24-18)15-9-4-3-5-10-15/h2,6-8,11,13,15,17,20H,1,3-5,9-10,12H2,(H,22,28)(H,23,27)/t17-,20-/m1/s1. The van der Waals surface area contributed by atoms with Crippen molar-refractivity contribution in [3.8, 4) is 0 Å². The third kappa shape index (κ3) is 3.69. The molecule has 0 spiro atoms. The molecule has 2 aliphatic rings. The molecule has 7 nitrogen and oxygen atoms in total. The molecule has 0 radical (unpaired) electrons. The van der Waals surface area contributed by atoms with Gasteiger partial charge in [0.1, 0.15) is 0 Å². The van der Waals surface area contributed by atoms with Crippen LogP contribution in [0.2, 0.25) is 0 Å². The Morgan fingerprint density at radius 3 is 2.71 bits per heavy atom. The second-order valence-corrected chi connectivity index (χ2v) is 7.55. The minimum Gasteiger partial charge on any atom is -0.345 e. The van der Waals surface area contributed by atoms with Gasteiger partial charge in [-0.25, -0.2) is 4.68 Å². The van der Waals surface area contributed by atoms with Crippen LogP contribution in [0.4, 0.5) is 0 Å². The molecule has 1 aromatic heterocycles. The van der Waals surface area contributed by atoms with Crippen LogP contribution in [0.3, 0.4) is 0 Å². The van der Waals surface area contributed by atoms with Crippen LogP contribution in [0, 0.1) is 0 Å². The molecule has 2 amide bonds. The van der Waals surface area contributed by atoms with Gasteiger partial charge >= 0.3 is 0 Å². The Morgan fingerprint density at radius 2 is 1.93 bits per heavy atom. The quantitative estimate of drug-likeness (QED) is 0.781. The van der Waals surface area contributed by atoms with Gasteiger partial charge in [0.2, 0.25) is 5.91 Å². The number of benzene rings is 1. The van der Waals surface area contributed by atoms with Gasteiger partial charge in [-0.05, 0) is 36.5 Å². The number of aromatic nitrogens is 3. The van der Waals surface area contributed by atoms with Crippen molar-refractivity contribution in [3.05, 3.63) is 59.9 Å². The summed E-state index contributed by atoms with van der Waals surface area (Å²) < 4.78 is 1.83. The predicted octanol–water partition coefficient (Wildman–Crippen LogP) is 2.48. The van der Waals surface area contributed by atoms with Crippen molar-refractivity contribution in [1.82, 2.24) is 25.6 Å². The van der Waals surface area contributed by atoms with Crippen molar-refractivity contribution in [1.29, 1.82) is 0 Å². The number of nitrogens with zero attached hydrogens (tertiary/aromatic N) is 3. The van der Waals surface area contributed by atoms with E-state index in [-0.39, 0.29) is 23.9 Å². The fourth-order valence-corrected chi connectivity index (χ4v) is 4.27. The summed E-state index contributed by atoms with van der Waals surface area (Å²) in [6.07, 6.45) is 9.45. The summed E-state index contributed by atoms with van der Waals surface area (Å²) in [5.74, 6) is -0.526. The summed E-state index contributed by atoms with van der Waals surface area (Å²) in [7, 11) is 0. The van der Waals surface area contributed by atoms with Crippen LogP contribution >= 0.6 is 0 Å². The molecule has 2 aliphatic carbocycles. The monoisotopic (exact) mass is 379 g/mol. The van der Waals surface area contributed by atoms with Gasteiger partial charge in [-0.15, -0.1) is 5.10 Å². The Morgan fingerprint density at radius 1 is 1.14 bits per heavy atom. The lowest BCUT2D eigenvalue weighted by Gasteiger charge is -2.22. The normalized spacial score (nSPS) is 21.7. The average molecular weight is 379 g/mol. The fraction of sp³-hybridized carbons (Fsp3) is 0.429. The SMILES string of the molecule is C=CC(=O)N[C@@H]1c2ccccc2C[C@H]1NC(=O)c1cn(C2CCCCC2)nn1. The first-order chi connectivity index (χ1) is 13.7. The third-order valence-corrected chi connectivity index (χ3v) is 5.72. The highest BCUT2D eigenvalue weighted by Crippen LogP contribution is 2.32. The van der Waals surface area contributed by atoms with Crippen molar-refractivity contribution >= 4 is 11.8 Å². The Balaban J connectivity index is 1.48. The number of hydrogen-bond acceptors (Lipinski definition) is 4. The van der Waals surface area contributed by atoms with E-state index >= 15 is 0 Å². The van der Waals surface area contributed by atoms with Gasteiger partial charge in [-0.3, -0.25) is 9.59 Å². The summed E-state index contributed by atoms with van der Waals surface area (Å²) in [4.78, 5) is 24.7. The summed E-state index contributed by atoms with van der Waals surface area (Å²) in [6, 6.07) is 7.70. The number of hydrogen-bond donors (Lipinski definition) is 2. The van der Waals surface area contributed by atoms with Crippen molar-refractivity contribution in [3.63, 3.8) is 0 Å². The molecule has 2 aromatic rings. The minimum absolute atomic E-state index is 0.242. The molecule has 0 unspecified atom stereocenters. The highest BCUT2D eigenvalue weighted by molar-refractivity contribution is 5.92. The Kier molecular flexibility index (Phi) is 5.23. The lowest BCUT2D eigenvalue weighted by molar-refractivity contribution is -0.117. The number of carbonyl (C=O) groups excluding carboxylic acids is 2. The van der Waals surface area contributed by atoms with E-state index in [1.54, 1.807) is 6.20 Å². The molecular weight excluding hydrogens is 354 g/mol. The lowest BCUT2D eigenvalue weighted by atomic mass is 9.96. The smallest absolute Gasteiger partial charge is 0.273 e. The summed E-state index contributed by atoms with van der Waals surface area (Å²) in [6.45, 7) is 3.52. The van der Waals surface area contributed by atoms with Crippen LogP contribution in [0.25, 0.3) is 0 Å². The predicted molar refractivity (Wildman–Crippen MR) is 105 cm³/mol. The van der Waals surface area contributed by atoms with E-state index in [0.717, 1.165) is 24.0 Å². The first-order valence-electron chi connectivity index (χ1n) is 9.89. The molecule has 0 aliphatic heterocycles. The maximum absolute atomic E-state index is 12.8. The van der Waals surface area contributed by atoms with E-state index < -0.39 is 0 Å². The van der Waals surface area contributed by atoms with Crippen molar-refractivity contribution in [2.45, 2.75) is 56.7 Å². The van der Waals surface area contributed by atoms with Crippen molar-refractivity contribution in [2.24, 2.45) is 0 Å². The highest BCUT2D eigenvalue weighted by Gasteiger charge is 2.34. The number of nitrogens with one attached hydrogen (secondary N) is 2. The van der Waals surface area contributed by atoms with Crippen molar-refractivity contribution < 1.29 is 9.59 Å². The van der Waals surface area contributed by atoms with Gasteiger partial charge in [0.15, 0.2) is 5.69 Å². The molecule has 1 heterocycles. The van der Waals surface area contributed by atoms with Crippen LogP contribution in [0.15, 0.2) is 43.1 Å². The van der Waals surface area contributed by atoms with Gasteiger partial charge in [0.25, 0.3) is 5.91 Å². The molecule has 146 valence electrons. The van der Waals surface area contributed by atoms with Gasteiger partial charge in [0, 0.05) is 0 Å². The molecule has 7 heteroatoms. The Bertz CT molecular complexity index is 884. The van der Waals surface area contributed by atoms with E-state index in [0.29, 0.717) is 18.2 Å². The zero-order valence-corrected chi connectivity index (χ0v) is 15.8. The molecule has 1 saturated carbocycles. The fourth-order valence-electron chi connectivity index (χ4n) is 4.27. The van der Waals surface area contributed by atoms with Crippen LogP contribution in [0.1, 0.15) is 65.8 Å². The molecule has 4 rings (SSSR count). The maximum Gasteiger partial charge on any atom is 0.273 e.